The van der Waals surface area contributed by atoms with Crippen molar-refractivity contribution in [3.05, 3.63) is 75.8 Å². The number of nitrogens with zero attached hydrogens (tertiary/aromatic N) is 1. The Bertz CT molecular complexity index is 673. The van der Waals surface area contributed by atoms with Crippen LogP contribution in [0.4, 0.5) is 5.69 Å². The molecule has 2 aromatic rings. The molecule has 20 heavy (non-hydrogen) atoms. The third-order valence-corrected chi connectivity index (χ3v) is 5.72. The Morgan fingerprint density at radius 3 is 2.15 bits per heavy atom. The van der Waals surface area contributed by atoms with Crippen molar-refractivity contribution in [2.75, 3.05) is 0 Å². The van der Waals surface area contributed by atoms with Crippen LogP contribution in [-0.2, 0) is 5.41 Å². The van der Waals surface area contributed by atoms with Gasteiger partial charge in [-0.2, -0.15) is 0 Å². The average Bonchev–Trinajstić information content (AvgIpc) is 3.04. The van der Waals surface area contributed by atoms with Crippen molar-refractivity contribution in [2.24, 2.45) is 0 Å². The van der Waals surface area contributed by atoms with E-state index in [1.54, 1.807) is 12.1 Å². The Labute approximate surface area is 133 Å². The fourth-order valence-corrected chi connectivity index (χ4v) is 4.45. The number of benzene rings is 2. The highest BCUT2D eigenvalue weighted by molar-refractivity contribution is 9.25. The van der Waals surface area contributed by atoms with Gasteiger partial charge in [0, 0.05) is 17.5 Å². The second-order valence-corrected chi connectivity index (χ2v) is 8.73. The van der Waals surface area contributed by atoms with E-state index < -0.39 is 0 Å². The first-order valence-corrected chi connectivity index (χ1v) is 7.74. The van der Waals surface area contributed by atoms with Gasteiger partial charge in [-0.3, -0.25) is 10.1 Å². The van der Waals surface area contributed by atoms with Crippen LogP contribution in [0, 0.1) is 10.1 Å². The maximum Gasteiger partial charge on any atom is 0.269 e. The number of hydrogen-bond acceptors (Lipinski definition) is 2. The maximum atomic E-state index is 11.0. The first-order valence-electron chi connectivity index (χ1n) is 6.16. The molecule has 1 aliphatic rings. The first-order chi connectivity index (χ1) is 9.47. The average molecular weight is 397 g/mol. The number of non-ortho nitro benzene ring substituents is 1. The SMILES string of the molecule is O=[N+]([O-])c1cccc(C2(c3ccccc3)CC2(Br)Br)c1. The lowest BCUT2D eigenvalue weighted by Crippen LogP contribution is -2.16. The van der Waals surface area contributed by atoms with Crippen molar-refractivity contribution < 1.29 is 4.92 Å². The normalized spacial score (nSPS) is 23.3. The highest BCUT2D eigenvalue weighted by Crippen LogP contribution is 2.70. The molecule has 0 heterocycles. The van der Waals surface area contributed by atoms with Crippen molar-refractivity contribution in [3.8, 4) is 0 Å². The van der Waals surface area contributed by atoms with Gasteiger partial charge in [-0.15, -0.1) is 0 Å². The van der Waals surface area contributed by atoms with Gasteiger partial charge in [-0.05, 0) is 17.5 Å². The standard InChI is InChI=1S/C15H11Br2NO2/c16-15(17)10-14(15,11-5-2-1-3-6-11)12-7-4-8-13(9-12)18(19)20/h1-9H,10H2. The van der Waals surface area contributed by atoms with Crippen LogP contribution < -0.4 is 0 Å². The number of nitro groups is 1. The molecule has 1 fully saturated rings. The van der Waals surface area contributed by atoms with Gasteiger partial charge in [0.05, 0.1) is 8.16 Å². The second kappa shape index (κ2) is 4.67. The molecule has 3 nitrogen and oxygen atoms in total. The van der Waals surface area contributed by atoms with Gasteiger partial charge < -0.3 is 0 Å². The van der Waals surface area contributed by atoms with E-state index in [1.807, 2.05) is 24.3 Å². The van der Waals surface area contributed by atoms with Crippen LogP contribution in [0.25, 0.3) is 0 Å². The molecule has 0 saturated heterocycles. The van der Waals surface area contributed by atoms with Crippen LogP contribution in [0.1, 0.15) is 17.5 Å². The van der Waals surface area contributed by atoms with Crippen molar-refractivity contribution in [3.63, 3.8) is 0 Å². The monoisotopic (exact) mass is 395 g/mol. The molecule has 0 amide bonds. The Hall–Kier alpha value is -1.20. The molecule has 0 radical (unpaired) electrons. The van der Waals surface area contributed by atoms with Crippen molar-refractivity contribution in [1.29, 1.82) is 0 Å². The minimum atomic E-state index is -0.352. The molecule has 1 aliphatic carbocycles. The molecule has 102 valence electrons. The molecule has 1 saturated carbocycles. The van der Waals surface area contributed by atoms with E-state index in [-0.39, 0.29) is 19.3 Å². The zero-order chi connectivity index (χ0) is 14.4. The minimum absolute atomic E-state index is 0.125. The summed E-state index contributed by atoms with van der Waals surface area (Å²) < 4.78 is -0.246. The number of hydrogen-bond donors (Lipinski definition) is 0. The van der Waals surface area contributed by atoms with E-state index in [9.17, 15) is 10.1 Å². The summed E-state index contributed by atoms with van der Waals surface area (Å²) in [5, 5.41) is 11.0. The van der Waals surface area contributed by atoms with Gasteiger partial charge in [-0.1, -0.05) is 74.3 Å². The van der Waals surface area contributed by atoms with Gasteiger partial charge in [0.2, 0.25) is 0 Å². The van der Waals surface area contributed by atoms with Crippen molar-refractivity contribution in [2.45, 2.75) is 15.1 Å². The molecule has 5 heteroatoms. The van der Waals surface area contributed by atoms with E-state index in [2.05, 4.69) is 44.0 Å². The molecule has 1 unspecified atom stereocenters. The van der Waals surface area contributed by atoms with Gasteiger partial charge in [-0.25, -0.2) is 0 Å². The molecular formula is C15H11Br2NO2. The van der Waals surface area contributed by atoms with Gasteiger partial charge in [0.25, 0.3) is 5.69 Å². The third-order valence-electron chi connectivity index (χ3n) is 3.80. The van der Waals surface area contributed by atoms with E-state index >= 15 is 0 Å². The lowest BCUT2D eigenvalue weighted by Gasteiger charge is -2.19. The molecule has 3 rings (SSSR count). The summed E-state index contributed by atoms with van der Waals surface area (Å²) in [5.74, 6) is 0. The summed E-state index contributed by atoms with van der Waals surface area (Å²) in [4.78, 5) is 10.6. The summed E-state index contributed by atoms with van der Waals surface area (Å²) >= 11 is 7.38. The molecule has 0 N–H and O–H groups in total. The summed E-state index contributed by atoms with van der Waals surface area (Å²) in [6.07, 6.45) is 0.852. The Kier molecular flexibility index (Phi) is 3.21. The molecular weight excluding hydrogens is 386 g/mol. The summed E-state index contributed by atoms with van der Waals surface area (Å²) in [7, 11) is 0. The quantitative estimate of drug-likeness (QED) is 0.426. The van der Waals surface area contributed by atoms with Crippen LogP contribution >= 0.6 is 31.9 Å². The van der Waals surface area contributed by atoms with E-state index in [0.29, 0.717) is 0 Å². The highest BCUT2D eigenvalue weighted by atomic mass is 79.9. The van der Waals surface area contributed by atoms with Crippen LogP contribution in [0.15, 0.2) is 54.6 Å². The molecule has 0 bridgehead atoms. The summed E-state index contributed by atoms with van der Waals surface area (Å²) in [5.41, 5.74) is 1.96. The zero-order valence-electron chi connectivity index (χ0n) is 10.4. The first kappa shape index (κ1) is 13.8. The number of rotatable bonds is 3. The summed E-state index contributed by atoms with van der Waals surface area (Å²) in [6, 6.07) is 16.9. The van der Waals surface area contributed by atoms with Gasteiger partial charge in [0.15, 0.2) is 0 Å². The second-order valence-electron chi connectivity index (χ2n) is 4.96. The Morgan fingerprint density at radius 2 is 1.60 bits per heavy atom. The largest absolute Gasteiger partial charge is 0.269 e. The fraction of sp³-hybridized carbons (Fsp3) is 0.200. The highest BCUT2D eigenvalue weighted by Gasteiger charge is 2.67. The predicted molar refractivity (Wildman–Crippen MR) is 85.5 cm³/mol. The van der Waals surface area contributed by atoms with Crippen LogP contribution in [0.2, 0.25) is 0 Å². The van der Waals surface area contributed by atoms with E-state index in [0.717, 1.165) is 17.5 Å². The topological polar surface area (TPSA) is 43.1 Å². The maximum absolute atomic E-state index is 11.0. The number of alkyl halides is 2. The predicted octanol–water partition coefficient (Wildman–Crippen LogP) is 4.77. The third kappa shape index (κ3) is 2.00. The van der Waals surface area contributed by atoms with Crippen LogP contribution in [0.3, 0.4) is 0 Å². The minimum Gasteiger partial charge on any atom is -0.258 e. The van der Waals surface area contributed by atoms with Gasteiger partial charge in [0.1, 0.15) is 0 Å². The van der Waals surface area contributed by atoms with Crippen molar-refractivity contribution in [1.82, 2.24) is 0 Å². The van der Waals surface area contributed by atoms with Gasteiger partial charge >= 0.3 is 0 Å². The lowest BCUT2D eigenvalue weighted by atomic mass is 9.88. The Balaban J connectivity index is 2.15. The Morgan fingerprint density at radius 1 is 1.00 bits per heavy atom. The van der Waals surface area contributed by atoms with Crippen LogP contribution in [-0.4, -0.2) is 8.16 Å². The number of halogens is 2. The molecule has 0 aromatic heterocycles. The lowest BCUT2D eigenvalue weighted by molar-refractivity contribution is -0.384. The molecule has 1 atom stereocenters. The van der Waals surface area contributed by atoms with E-state index in [4.69, 9.17) is 0 Å². The zero-order valence-corrected chi connectivity index (χ0v) is 13.6. The molecule has 0 spiro atoms. The smallest absolute Gasteiger partial charge is 0.258 e. The molecule has 0 aliphatic heterocycles. The number of nitro benzene ring substituents is 1. The summed E-state index contributed by atoms with van der Waals surface area (Å²) in [6.45, 7) is 0. The van der Waals surface area contributed by atoms with Crippen LogP contribution in [0.5, 0.6) is 0 Å². The van der Waals surface area contributed by atoms with E-state index in [1.165, 1.54) is 6.07 Å². The molecule has 2 aromatic carbocycles. The fourth-order valence-electron chi connectivity index (χ4n) is 2.69. The van der Waals surface area contributed by atoms with Crippen molar-refractivity contribution >= 4 is 37.5 Å².